The van der Waals surface area contributed by atoms with Crippen molar-refractivity contribution in [1.29, 1.82) is 0 Å². The van der Waals surface area contributed by atoms with E-state index in [1.807, 2.05) is 0 Å². The van der Waals surface area contributed by atoms with Crippen LogP contribution in [0.25, 0.3) is 0 Å². The Labute approximate surface area is 151 Å². The van der Waals surface area contributed by atoms with Gasteiger partial charge in [0.15, 0.2) is 5.96 Å². The third-order valence-electron chi connectivity index (χ3n) is 4.76. The predicted octanol–water partition coefficient (Wildman–Crippen LogP) is 2.64. The zero-order chi connectivity index (χ0) is 18.1. The molecule has 5 nitrogen and oxygen atoms in total. The first-order chi connectivity index (χ1) is 12.2. The van der Waals surface area contributed by atoms with E-state index in [0.29, 0.717) is 0 Å². The maximum atomic E-state index is 11.7. The molecule has 1 aromatic rings. The van der Waals surface area contributed by atoms with Gasteiger partial charge in [-0.3, -0.25) is 9.79 Å². The number of nitrogens with one attached hydrogen (secondary N) is 1. The highest BCUT2D eigenvalue weighted by atomic mass is 16.5. The molecule has 0 bridgehead atoms. The summed E-state index contributed by atoms with van der Waals surface area (Å²) in [5.74, 6) is 0.898. The van der Waals surface area contributed by atoms with Gasteiger partial charge in [-0.1, -0.05) is 31.2 Å². The SMILES string of the molecule is CCNC(=NCCc1ccc(CC)cc1)N1CCC(C(=O)OC)CC1. The van der Waals surface area contributed by atoms with Gasteiger partial charge < -0.3 is 15.0 Å². The van der Waals surface area contributed by atoms with Crippen molar-refractivity contribution in [2.45, 2.75) is 39.5 Å². The molecule has 0 saturated carbocycles. The van der Waals surface area contributed by atoms with Crippen LogP contribution in [0.3, 0.4) is 0 Å². The summed E-state index contributed by atoms with van der Waals surface area (Å²) in [5.41, 5.74) is 2.69. The predicted molar refractivity (Wildman–Crippen MR) is 102 cm³/mol. The maximum absolute atomic E-state index is 11.7. The van der Waals surface area contributed by atoms with Crippen LogP contribution in [0.2, 0.25) is 0 Å². The molecular formula is C20H31N3O2. The number of rotatable bonds is 6. The normalized spacial score (nSPS) is 16.0. The van der Waals surface area contributed by atoms with Crippen LogP contribution in [0.15, 0.2) is 29.3 Å². The lowest BCUT2D eigenvalue weighted by molar-refractivity contribution is -0.146. The third-order valence-corrected chi connectivity index (χ3v) is 4.76. The van der Waals surface area contributed by atoms with Gasteiger partial charge in [-0.2, -0.15) is 0 Å². The minimum Gasteiger partial charge on any atom is -0.469 e. The second-order valence-corrected chi connectivity index (χ2v) is 6.44. The van der Waals surface area contributed by atoms with Gasteiger partial charge in [0.05, 0.1) is 13.0 Å². The summed E-state index contributed by atoms with van der Waals surface area (Å²) < 4.78 is 4.86. The number of aryl methyl sites for hydroxylation is 1. The van der Waals surface area contributed by atoms with Crippen molar-refractivity contribution in [2.75, 3.05) is 33.3 Å². The number of esters is 1. The van der Waals surface area contributed by atoms with E-state index in [-0.39, 0.29) is 11.9 Å². The van der Waals surface area contributed by atoms with E-state index < -0.39 is 0 Å². The fourth-order valence-corrected chi connectivity index (χ4v) is 3.15. The van der Waals surface area contributed by atoms with E-state index >= 15 is 0 Å². The molecule has 0 radical (unpaired) electrons. The van der Waals surface area contributed by atoms with E-state index in [9.17, 15) is 4.79 Å². The molecule has 0 amide bonds. The van der Waals surface area contributed by atoms with Crippen molar-refractivity contribution in [3.8, 4) is 0 Å². The van der Waals surface area contributed by atoms with Crippen molar-refractivity contribution in [2.24, 2.45) is 10.9 Å². The Balaban J connectivity index is 1.88. The van der Waals surface area contributed by atoms with E-state index in [0.717, 1.165) is 57.8 Å². The fourth-order valence-electron chi connectivity index (χ4n) is 3.15. The first kappa shape index (κ1) is 19.3. The number of methoxy groups -OCH3 is 1. The number of guanidine groups is 1. The molecule has 1 saturated heterocycles. The molecule has 1 fully saturated rings. The molecular weight excluding hydrogens is 314 g/mol. The van der Waals surface area contributed by atoms with Crippen LogP contribution in [0.1, 0.15) is 37.8 Å². The summed E-state index contributed by atoms with van der Waals surface area (Å²) in [7, 11) is 1.47. The molecule has 0 spiro atoms. The second-order valence-electron chi connectivity index (χ2n) is 6.44. The molecule has 2 rings (SSSR count). The van der Waals surface area contributed by atoms with Crippen LogP contribution in [-0.2, 0) is 22.4 Å². The molecule has 5 heteroatoms. The van der Waals surface area contributed by atoms with Gasteiger partial charge in [0, 0.05) is 26.2 Å². The number of piperidine rings is 1. The van der Waals surface area contributed by atoms with E-state index in [1.165, 1.54) is 18.2 Å². The zero-order valence-corrected chi connectivity index (χ0v) is 15.8. The van der Waals surface area contributed by atoms with Gasteiger partial charge in [-0.25, -0.2) is 0 Å². The van der Waals surface area contributed by atoms with Crippen LogP contribution in [-0.4, -0.2) is 50.1 Å². The molecule has 0 aliphatic carbocycles. The molecule has 1 N–H and O–H groups in total. The number of hydrogen-bond acceptors (Lipinski definition) is 3. The lowest BCUT2D eigenvalue weighted by Gasteiger charge is -2.33. The van der Waals surface area contributed by atoms with Crippen LogP contribution < -0.4 is 5.32 Å². The van der Waals surface area contributed by atoms with Crippen LogP contribution in [0.4, 0.5) is 0 Å². The molecule has 1 heterocycles. The van der Waals surface area contributed by atoms with E-state index in [2.05, 4.69) is 48.3 Å². The molecule has 1 aliphatic heterocycles. The summed E-state index contributed by atoms with van der Waals surface area (Å²) in [6, 6.07) is 8.79. The van der Waals surface area contributed by atoms with Crippen LogP contribution in [0.5, 0.6) is 0 Å². The first-order valence-corrected chi connectivity index (χ1v) is 9.36. The highest BCUT2D eigenvalue weighted by molar-refractivity contribution is 5.80. The Morgan fingerprint density at radius 2 is 1.84 bits per heavy atom. The van der Waals surface area contributed by atoms with Crippen molar-refractivity contribution >= 4 is 11.9 Å². The average molecular weight is 345 g/mol. The van der Waals surface area contributed by atoms with Crippen molar-refractivity contribution in [1.82, 2.24) is 10.2 Å². The van der Waals surface area contributed by atoms with Crippen molar-refractivity contribution in [3.63, 3.8) is 0 Å². The Hall–Kier alpha value is -2.04. The number of carbonyl (C=O) groups is 1. The van der Waals surface area contributed by atoms with Crippen LogP contribution in [0, 0.1) is 5.92 Å². The Morgan fingerprint density at radius 3 is 2.40 bits per heavy atom. The van der Waals surface area contributed by atoms with Gasteiger partial charge >= 0.3 is 5.97 Å². The highest BCUT2D eigenvalue weighted by Gasteiger charge is 2.26. The van der Waals surface area contributed by atoms with E-state index in [1.54, 1.807) is 0 Å². The minimum absolute atomic E-state index is 0.0289. The first-order valence-electron chi connectivity index (χ1n) is 9.36. The van der Waals surface area contributed by atoms with Gasteiger partial charge in [-0.15, -0.1) is 0 Å². The summed E-state index contributed by atoms with van der Waals surface area (Å²) >= 11 is 0. The monoisotopic (exact) mass is 345 g/mol. The second kappa shape index (κ2) is 10.1. The summed E-state index contributed by atoms with van der Waals surface area (Å²) in [5, 5.41) is 3.37. The molecule has 25 heavy (non-hydrogen) atoms. The molecule has 1 aliphatic rings. The average Bonchev–Trinajstić information content (AvgIpc) is 2.67. The number of ether oxygens (including phenoxy) is 1. The van der Waals surface area contributed by atoms with Gasteiger partial charge in [0.1, 0.15) is 0 Å². The Kier molecular flexibility index (Phi) is 7.76. The van der Waals surface area contributed by atoms with Gasteiger partial charge in [-0.05, 0) is 43.7 Å². The largest absolute Gasteiger partial charge is 0.469 e. The number of likely N-dealkylation sites (tertiary alicyclic amines) is 1. The smallest absolute Gasteiger partial charge is 0.308 e. The molecule has 0 aromatic heterocycles. The summed E-state index contributed by atoms with van der Waals surface area (Å²) in [4.78, 5) is 18.7. The molecule has 138 valence electrons. The highest BCUT2D eigenvalue weighted by Crippen LogP contribution is 2.18. The van der Waals surface area contributed by atoms with Crippen molar-refractivity contribution in [3.05, 3.63) is 35.4 Å². The number of benzene rings is 1. The lowest BCUT2D eigenvalue weighted by atomic mass is 9.97. The number of aliphatic imine (C=N–C) groups is 1. The quantitative estimate of drug-likeness (QED) is 0.489. The summed E-state index contributed by atoms with van der Waals surface area (Å²) in [6.07, 6.45) is 3.67. The standard InChI is InChI=1S/C20H31N3O2/c1-4-16-6-8-17(9-7-16)10-13-22-20(21-5-2)23-14-11-18(12-15-23)19(24)25-3/h6-9,18H,4-5,10-15H2,1-3H3,(H,21,22). The maximum Gasteiger partial charge on any atom is 0.308 e. The van der Waals surface area contributed by atoms with Crippen molar-refractivity contribution < 1.29 is 9.53 Å². The third kappa shape index (κ3) is 5.76. The summed E-state index contributed by atoms with van der Waals surface area (Å²) in [6.45, 7) is 7.56. The Morgan fingerprint density at radius 1 is 1.20 bits per heavy atom. The number of nitrogens with zero attached hydrogens (tertiary/aromatic N) is 2. The van der Waals surface area contributed by atoms with E-state index in [4.69, 9.17) is 9.73 Å². The topological polar surface area (TPSA) is 53.9 Å². The minimum atomic E-state index is -0.0860. The van der Waals surface area contributed by atoms with Crippen LogP contribution >= 0.6 is 0 Å². The lowest BCUT2D eigenvalue weighted by Crippen LogP contribution is -2.46. The number of carbonyl (C=O) groups excluding carboxylic acids is 1. The molecule has 1 aromatic carbocycles. The van der Waals surface area contributed by atoms with Gasteiger partial charge in [0.25, 0.3) is 0 Å². The Bertz CT molecular complexity index is 561. The van der Waals surface area contributed by atoms with Gasteiger partial charge in [0.2, 0.25) is 0 Å². The molecule has 0 unspecified atom stereocenters. The fraction of sp³-hybridized carbons (Fsp3) is 0.600. The number of hydrogen-bond donors (Lipinski definition) is 1. The zero-order valence-electron chi connectivity index (χ0n) is 15.8. The molecule has 0 atom stereocenters.